The predicted molar refractivity (Wildman–Crippen MR) is 71.5 cm³/mol. The summed E-state index contributed by atoms with van der Waals surface area (Å²) in [7, 11) is 1.78. The van der Waals surface area contributed by atoms with E-state index in [0.717, 1.165) is 0 Å². The lowest BCUT2D eigenvalue weighted by atomic mass is 10.1. The van der Waals surface area contributed by atoms with Gasteiger partial charge in [0.1, 0.15) is 0 Å². The Labute approximate surface area is 110 Å². The number of carboxylic acids is 1. The smallest absolute Gasteiger partial charge is 0.317 e. The maximum absolute atomic E-state index is 11.8. The quantitative estimate of drug-likeness (QED) is 0.735. The van der Waals surface area contributed by atoms with E-state index in [2.05, 4.69) is 19.2 Å². The summed E-state index contributed by atoms with van der Waals surface area (Å²) < 4.78 is 0. The summed E-state index contributed by atoms with van der Waals surface area (Å²) in [5.41, 5.74) is 0. The second kappa shape index (κ2) is 7.95. The van der Waals surface area contributed by atoms with Crippen LogP contribution in [0.5, 0.6) is 0 Å². The van der Waals surface area contributed by atoms with Gasteiger partial charge in [-0.1, -0.05) is 20.8 Å². The van der Waals surface area contributed by atoms with Crippen LogP contribution < -0.4 is 5.32 Å². The van der Waals surface area contributed by atoms with Crippen LogP contribution in [0.4, 0.5) is 4.79 Å². The van der Waals surface area contributed by atoms with Crippen LogP contribution in [0, 0.1) is 11.8 Å². The highest BCUT2D eigenvalue weighted by atomic mass is 16.4. The Kier molecular flexibility index (Phi) is 7.39. The molecule has 0 aliphatic heterocycles. The molecule has 5 heteroatoms. The van der Waals surface area contributed by atoms with Crippen molar-refractivity contribution < 1.29 is 14.7 Å². The fraction of sp³-hybridized carbons (Fsp3) is 0.846. The Morgan fingerprint density at radius 1 is 1.22 bits per heavy atom. The van der Waals surface area contributed by atoms with E-state index >= 15 is 0 Å². The highest BCUT2D eigenvalue weighted by molar-refractivity contribution is 5.74. The fourth-order valence-corrected chi connectivity index (χ4v) is 1.49. The number of carbonyl (C=O) groups is 2. The Morgan fingerprint density at radius 3 is 2.22 bits per heavy atom. The highest BCUT2D eigenvalue weighted by Crippen LogP contribution is 2.08. The SMILES string of the molecule is CC(CCC(=O)O)CNC(=O)N(C)C(C)C(C)C. The molecule has 2 N–H and O–H groups in total. The van der Waals surface area contributed by atoms with Gasteiger partial charge < -0.3 is 15.3 Å². The Morgan fingerprint density at radius 2 is 1.78 bits per heavy atom. The molecule has 0 fully saturated rings. The lowest BCUT2D eigenvalue weighted by Crippen LogP contribution is -2.45. The van der Waals surface area contributed by atoms with Crippen molar-refractivity contribution >= 4 is 12.0 Å². The van der Waals surface area contributed by atoms with E-state index in [1.54, 1.807) is 11.9 Å². The van der Waals surface area contributed by atoms with Crippen LogP contribution in [-0.2, 0) is 4.79 Å². The van der Waals surface area contributed by atoms with Gasteiger partial charge in [-0.3, -0.25) is 4.79 Å². The first-order valence-electron chi connectivity index (χ1n) is 6.48. The summed E-state index contributed by atoms with van der Waals surface area (Å²) in [6.45, 7) is 8.61. The first kappa shape index (κ1) is 16.7. The van der Waals surface area contributed by atoms with E-state index in [9.17, 15) is 9.59 Å². The third-order valence-corrected chi connectivity index (χ3v) is 3.35. The Bertz CT molecular complexity index is 279. The van der Waals surface area contributed by atoms with Crippen molar-refractivity contribution in [3.8, 4) is 0 Å². The summed E-state index contributed by atoms with van der Waals surface area (Å²) in [5.74, 6) is -0.211. The molecule has 18 heavy (non-hydrogen) atoms. The van der Waals surface area contributed by atoms with Gasteiger partial charge in [-0.05, 0) is 25.2 Å². The minimum atomic E-state index is -0.793. The zero-order chi connectivity index (χ0) is 14.3. The van der Waals surface area contributed by atoms with Crippen LogP contribution in [-0.4, -0.2) is 41.6 Å². The van der Waals surface area contributed by atoms with Crippen molar-refractivity contribution in [3.63, 3.8) is 0 Å². The average molecular weight is 258 g/mol. The second-order valence-corrected chi connectivity index (χ2v) is 5.32. The third kappa shape index (κ3) is 6.47. The number of rotatable bonds is 7. The molecule has 2 amide bonds. The first-order valence-corrected chi connectivity index (χ1v) is 6.48. The fourth-order valence-electron chi connectivity index (χ4n) is 1.49. The molecular formula is C13H26N2O3. The molecule has 106 valence electrons. The molecule has 0 aliphatic rings. The number of hydrogen-bond donors (Lipinski definition) is 2. The van der Waals surface area contributed by atoms with Crippen molar-refractivity contribution in [1.29, 1.82) is 0 Å². The minimum Gasteiger partial charge on any atom is -0.481 e. The molecule has 0 saturated carbocycles. The molecule has 0 aromatic carbocycles. The molecule has 0 radical (unpaired) electrons. The van der Waals surface area contributed by atoms with E-state index in [4.69, 9.17) is 5.11 Å². The molecule has 0 heterocycles. The summed E-state index contributed by atoms with van der Waals surface area (Å²) in [6.07, 6.45) is 0.730. The van der Waals surface area contributed by atoms with Crippen molar-refractivity contribution in [1.82, 2.24) is 10.2 Å². The standard InChI is InChI=1S/C13H26N2O3/c1-9(2)11(4)15(5)13(18)14-8-10(3)6-7-12(16)17/h9-11H,6-8H2,1-5H3,(H,14,18)(H,16,17). The number of amides is 2. The molecule has 0 saturated heterocycles. The van der Waals surface area contributed by atoms with E-state index in [0.29, 0.717) is 18.9 Å². The molecule has 0 aromatic heterocycles. The summed E-state index contributed by atoms with van der Waals surface area (Å²) >= 11 is 0. The lowest BCUT2D eigenvalue weighted by Gasteiger charge is -2.28. The zero-order valence-corrected chi connectivity index (χ0v) is 12.1. The lowest BCUT2D eigenvalue weighted by molar-refractivity contribution is -0.137. The number of nitrogens with one attached hydrogen (secondary N) is 1. The largest absolute Gasteiger partial charge is 0.481 e. The van der Waals surface area contributed by atoms with Gasteiger partial charge in [-0.25, -0.2) is 4.79 Å². The van der Waals surface area contributed by atoms with Gasteiger partial charge in [0, 0.05) is 26.1 Å². The van der Waals surface area contributed by atoms with Crippen LogP contribution in [0.15, 0.2) is 0 Å². The van der Waals surface area contributed by atoms with Gasteiger partial charge in [0.15, 0.2) is 0 Å². The van der Waals surface area contributed by atoms with Gasteiger partial charge >= 0.3 is 12.0 Å². The highest BCUT2D eigenvalue weighted by Gasteiger charge is 2.18. The number of urea groups is 1. The zero-order valence-electron chi connectivity index (χ0n) is 12.1. The predicted octanol–water partition coefficient (Wildman–Crippen LogP) is 2.17. The van der Waals surface area contributed by atoms with Crippen LogP contribution in [0.25, 0.3) is 0 Å². The normalized spacial score (nSPS) is 14.1. The summed E-state index contributed by atoms with van der Waals surface area (Å²) in [6, 6.07) is 0.0812. The minimum absolute atomic E-state index is 0.0987. The van der Waals surface area contributed by atoms with Crippen LogP contribution in [0.1, 0.15) is 40.5 Å². The Balaban J connectivity index is 3.98. The molecule has 2 atom stereocenters. The number of carbonyl (C=O) groups excluding carboxylic acids is 1. The second-order valence-electron chi connectivity index (χ2n) is 5.32. The molecule has 0 spiro atoms. The topological polar surface area (TPSA) is 69.6 Å². The summed E-state index contributed by atoms with van der Waals surface area (Å²) in [5, 5.41) is 11.4. The van der Waals surface area contributed by atoms with Gasteiger partial charge in [-0.2, -0.15) is 0 Å². The molecule has 0 rings (SSSR count). The molecule has 5 nitrogen and oxygen atoms in total. The molecule has 0 bridgehead atoms. The van der Waals surface area contributed by atoms with Gasteiger partial charge in [0.05, 0.1) is 0 Å². The van der Waals surface area contributed by atoms with Crippen molar-refractivity contribution in [3.05, 3.63) is 0 Å². The van der Waals surface area contributed by atoms with Crippen LogP contribution >= 0.6 is 0 Å². The van der Waals surface area contributed by atoms with Crippen LogP contribution in [0.3, 0.4) is 0 Å². The number of carboxylic acid groups (broad SMARTS) is 1. The number of nitrogens with zero attached hydrogens (tertiary/aromatic N) is 1. The molecule has 0 aliphatic carbocycles. The van der Waals surface area contributed by atoms with E-state index in [-0.39, 0.29) is 24.4 Å². The molecule has 0 aromatic rings. The van der Waals surface area contributed by atoms with E-state index < -0.39 is 5.97 Å². The molecular weight excluding hydrogens is 232 g/mol. The number of hydrogen-bond acceptors (Lipinski definition) is 2. The van der Waals surface area contributed by atoms with Crippen molar-refractivity contribution in [2.45, 2.75) is 46.6 Å². The maximum Gasteiger partial charge on any atom is 0.317 e. The third-order valence-electron chi connectivity index (χ3n) is 3.35. The van der Waals surface area contributed by atoms with E-state index in [1.165, 1.54) is 0 Å². The average Bonchev–Trinajstić information content (AvgIpc) is 2.31. The van der Waals surface area contributed by atoms with Crippen molar-refractivity contribution in [2.24, 2.45) is 11.8 Å². The summed E-state index contributed by atoms with van der Waals surface area (Å²) in [4.78, 5) is 23.9. The monoisotopic (exact) mass is 258 g/mol. The van der Waals surface area contributed by atoms with Gasteiger partial charge in [-0.15, -0.1) is 0 Å². The molecule has 2 unspecified atom stereocenters. The van der Waals surface area contributed by atoms with Gasteiger partial charge in [0.2, 0.25) is 0 Å². The number of aliphatic carboxylic acids is 1. The van der Waals surface area contributed by atoms with Gasteiger partial charge in [0.25, 0.3) is 0 Å². The Hall–Kier alpha value is -1.26. The van der Waals surface area contributed by atoms with Crippen LogP contribution in [0.2, 0.25) is 0 Å². The first-order chi connectivity index (χ1) is 8.25. The maximum atomic E-state index is 11.8. The van der Waals surface area contributed by atoms with E-state index in [1.807, 2.05) is 13.8 Å². The van der Waals surface area contributed by atoms with Crippen molar-refractivity contribution in [2.75, 3.05) is 13.6 Å².